The Bertz CT molecular complexity index is 450. The van der Waals surface area contributed by atoms with Crippen LogP contribution in [0.4, 0.5) is 5.82 Å². The van der Waals surface area contributed by atoms with E-state index in [0.29, 0.717) is 11.7 Å². The number of imidazole rings is 1. The van der Waals surface area contributed by atoms with Gasteiger partial charge in [0, 0.05) is 26.2 Å². The van der Waals surface area contributed by atoms with Crippen LogP contribution in [-0.2, 0) is 22.4 Å². The molecule has 1 aromatic rings. The summed E-state index contributed by atoms with van der Waals surface area (Å²) >= 11 is 0. The third-order valence-electron chi connectivity index (χ3n) is 3.56. The Morgan fingerprint density at radius 2 is 2.21 bits per heavy atom. The predicted octanol–water partition coefficient (Wildman–Crippen LogP) is 1.24. The van der Waals surface area contributed by atoms with Crippen molar-refractivity contribution >= 4 is 11.8 Å². The van der Waals surface area contributed by atoms with E-state index in [0.717, 1.165) is 44.8 Å². The van der Waals surface area contributed by atoms with Crippen LogP contribution in [0.2, 0.25) is 0 Å². The molecule has 1 saturated heterocycles. The molecule has 2 N–H and O–H groups in total. The number of carbonyl (C=O) groups is 1. The van der Waals surface area contributed by atoms with E-state index in [2.05, 4.69) is 4.98 Å². The molecular formula is C13H21N3O3. The van der Waals surface area contributed by atoms with Crippen LogP contribution in [0, 0.1) is 5.92 Å². The van der Waals surface area contributed by atoms with Gasteiger partial charge >= 0.3 is 5.97 Å². The molecule has 0 aliphatic carbocycles. The van der Waals surface area contributed by atoms with Gasteiger partial charge in [-0.3, -0.25) is 0 Å². The highest BCUT2D eigenvalue weighted by Crippen LogP contribution is 2.22. The standard InChI is InChI=1S/C13H21N3O3/c1-3-10-15-11(13(17)18-2)12(14)16(10)8-9-4-6-19-7-5-9/h9H,3-8,14H2,1-2H3. The molecule has 0 saturated carbocycles. The number of rotatable bonds is 4. The van der Waals surface area contributed by atoms with Crippen LogP contribution in [0.15, 0.2) is 0 Å². The van der Waals surface area contributed by atoms with E-state index in [9.17, 15) is 4.79 Å². The molecule has 0 bridgehead atoms. The average molecular weight is 267 g/mol. The molecule has 0 aromatic carbocycles. The molecule has 6 heteroatoms. The monoisotopic (exact) mass is 267 g/mol. The van der Waals surface area contributed by atoms with Gasteiger partial charge in [0.2, 0.25) is 0 Å². The fourth-order valence-electron chi connectivity index (χ4n) is 2.42. The SMILES string of the molecule is CCc1nc(C(=O)OC)c(N)n1CC1CCOCC1. The van der Waals surface area contributed by atoms with Gasteiger partial charge in [-0.05, 0) is 18.8 Å². The number of esters is 1. The van der Waals surface area contributed by atoms with Crippen molar-refractivity contribution in [3.63, 3.8) is 0 Å². The zero-order chi connectivity index (χ0) is 13.8. The van der Waals surface area contributed by atoms with E-state index >= 15 is 0 Å². The lowest BCUT2D eigenvalue weighted by Crippen LogP contribution is -2.22. The number of nitrogens with zero attached hydrogens (tertiary/aromatic N) is 2. The largest absolute Gasteiger partial charge is 0.464 e. The quantitative estimate of drug-likeness (QED) is 0.830. The summed E-state index contributed by atoms with van der Waals surface area (Å²) in [5.74, 6) is 1.30. The predicted molar refractivity (Wildman–Crippen MR) is 70.9 cm³/mol. The number of nitrogens with two attached hydrogens (primary N) is 1. The summed E-state index contributed by atoms with van der Waals surface area (Å²) in [4.78, 5) is 15.9. The smallest absolute Gasteiger partial charge is 0.360 e. The van der Waals surface area contributed by atoms with Crippen LogP contribution in [0.25, 0.3) is 0 Å². The lowest BCUT2D eigenvalue weighted by atomic mass is 10.0. The highest BCUT2D eigenvalue weighted by Gasteiger charge is 2.23. The van der Waals surface area contributed by atoms with Gasteiger partial charge in [0.1, 0.15) is 11.6 Å². The molecular weight excluding hydrogens is 246 g/mol. The summed E-state index contributed by atoms with van der Waals surface area (Å²) in [7, 11) is 1.34. The summed E-state index contributed by atoms with van der Waals surface area (Å²) < 4.78 is 12.0. The van der Waals surface area contributed by atoms with Crippen molar-refractivity contribution in [2.45, 2.75) is 32.7 Å². The van der Waals surface area contributed by atoms with Crippen molar-refractivity contribution < 1.29 is 14.3 Å². The zero-order valence-electron chi connectivity index (χ0n) is 11.5. The summed E-state index contributed by atoms with van der Waals surface area (Å²) in [6.45, 7) is 4.39. The van der Waals surface area contributed by atoms with Gasteiger partial charge < -0.3 is 19.8 Å². The third kappa shape index (κ3) is 2.89. The van der Waals surface area contributed by atoms with Gasteiger partial charge in [-0.1, -0.05) is 6.92 Å². The van der Waals surface area contributed by atoms with Gasteiger partial charge in [-0.25, -0.2) is 9.78 Å². The number of nitrogen functional groups attached to an aromatic ring is 1. The Morgan fingerprint density at radius 1 is 1.53 bits per heavy atom. The van der Waals surface area contributed by atoms with Crippen LogP contribution in [0.3, 0.4) is 0 Å². The first-order chi connectivity index (χ1) is 9.17. The minimum atomic E-state index is -0.474. The first kappa shape index (κ1) is 13.9. The second kappa shape index (κ2) is 6.06. The van der Waals surface area contributed by atoms with Crippen molar-refractivity contribution in [1.29, 1.82) is 0 Å². The molecule has 0 atom stereocenters. The van der Waals surface area contributed by atoms with E-state index < -0.39 is 5.97 Å². The number of aromatic nitrogens is 2. The highest BCUT2D eigenvalue weighted by molar-refractivity contribution is 5.92. The summed E-state index contributed by atoms with van der Waals surface area (Å²) in [5.41, 5.74) is 6.27. The Hall–Kier alpha value is -1.56. The minimum absolute atomic E-state index is 0.228. The van der Waals surface area contributed by atoms with Crippen LogP contribution in [0.1, 0.15) is 36.1 Å². The molecule has 19 heavy (non-hydrogen) atoms. The molecule has 2 heterocycles. The topological polar surface area (TPSA) is 79.4 Å². The van der Waals surface area contributed by atoms with E-state index in [1.54, 1.807) is 0 Å². The Kier molecular flexibility index (Phi) is 4.42. The maximum Gasteiger partial charge on any atom is 0.360 e. The number of ether oxygens (including phenoxy) is 2. The van der Waals surface area contributed by atoms with Gasteiger partial charge in [0.05, 0.1) is 7.11 Å². The van der Waals surface area contributed by atoms with E-state index in [1.165, 1.54) is 7.11 Å². The van der Waals surface area contributed by atoms with Crippen LogP contribution >= 0.6 is 0 Å². The molecule has 0 amide bonds. The molecule has 0 radical (unpaired) electrons. The number of hydrogen-bond donors (Lipinski definition) is 1. The summed E-state index contributed by atoms with van der Waals surface area (Å²) in [6.07, 6.45) is 2.78. The molecule has 0 spiro atoms. The fourth-order valence-corrected chi connectivity index (χ4v) is 2.42. The molecule has 6 nitrogen and oxygen atoms in total. The molecule has 106 valence electrons. The third-order valence-corrected chi connectivity index (χ3v) is 3.56. The van der Waals surface area contributed by atoms with Crippen molar-refractivity contribution in [1.82, 2.24) is 9.55 Å². The summed E-state index contributed by atoms with van der Waals surface area (Å²) in [6, 6.07) is 0. The number of anilines is 1. The van der Waals surface area contributed by atoms with Gasteiger partial charge in [0.25, 0.3) is 0 Å². The average Bonchev–Trinajstić information content (AvgIpc) is 2.76. The maximum atomic E-state index is 11.6. The van der Waals surface area contributed by atoms with Crippen molar-refractivity contribution in [2.75, 3.05) is 26.1 Å². The number of carbonyl (C=O) groups excluding carboxylic acids is 1. The second-order valence-corrected chi connectivity index (χ2v) is 4.77. The van der Waals surface area contributed by atoms with Gasteiger partial charge in [-0.2, -0.15) is 0 Å². The number of methoxy groups -OCH3 is 1. The van der Waals surface area contributed by atoms with Crippen LogP contribution in [-0.4, -0.2) is 35.8 Å². The first-order valence-electron chi connectivity index (χ1n) is 6.68. The van der Waals surface area contributed by atoms with Gasteiger partial charge in [0.15, 0.2) is 5.69 Å². The number of aryl methyl sites for hydroxylation is 1. The molecule has 2 rings (SSSR count). The van der Waals surface area contributed by atoms with Crippen LogP contribution in [0.5, 0.6) is 0 Å². The lowest BCUT2D eigenvalue weighted by Gasteiger charge is -2.23. The second-order valence-electron chi connectivity index (χ2n) is 4.77. The van der Waals surface area contributed by atoms with Crippen molar-refractivity contribution in [2.24, 2.45) is 5.92 Å². The van der Waals surface area contributed by atoms with E-state index in [1.807, 2.05) is 11.5 Å². The molecule has 0 unspecified atom stereocenters. The van der Waals surface area contributed by atoms with E-state index in [-0.39, 0.29) is 5.69 Å². The first-order valence-corrected chi connectivity index (χ1v) is 6.68. The molecule has 1 aliphatic rings. The molecule has 1 aromatic heterocycles. The molecule has 1 aliphatic heterocycles. The Balaban J connectivity index is 2.22. The zero-order valence-corrected chi connectivity index (χ0v) is 11.5. The normalized spacial score (nSPS) is 16.5. The van der Waals surface area contributed by atoms with Crippen molar-refractivity contribution in [3.8, 4) is 0 Å². The fraction of sp³-hybridized carbons (Fsp3) is 0.692. The maximum absolute atomic E-state index is 11.6. The molecule has 1 fully saturated rings. The minimum Gasteiger partial charge on any atom is -0.464 e. The van der Waals surface area contributed by atoms with Crippen molar-refractivity contribution in [3.05, 3.63) is 11.5 Å². The van der Waals surface area contributed by atoms with Crippen LogP contribution < -0.4 is 5.73 Å². The Labute approximate surface area is 112 Å². The van der Waals surface area contributed by atoms with Gasteiger partial charge in [-0.15, -0.1) is 0 Å². The lowest BCUT2D eigenvalue weighted by molar-refractivity contribution is 0.0592. The summed E-state index contributed by atoms with van der Waals surface area (Å²) in [5, 5.41) is 0. The number of hydrogen-bond acceptors (Lipinski definition) is 5. The highest BCUT2D eigenvalue weighted by atomic mass is 16.5. The van der Waals surface area contributed by atoms with E-state index in [4.69, 9.17) is 15.2 Å². The Morgan fingerprint density at radius 3 is 2.79 bits per heavy atom.